The van der Waals surface area contributed by atoms with Crippen molar-refractivity contribution >= 4 is 0 Å². The van der Waals surface area contributed by atoms with Gasteiger partial charge in [-0.1, -0.05) is 13.0 Å². The number of rotatable bonds is 3. The Balaban J connectivity index is 1.80. The molecule has 0 spiro atoms. The van der Waals surface area contributed by atoms with Crippen LogP contribution in [0, 0.1) is 5.92 Å². The summed E-state index contributed by atoms with van der Waals surface area (Å²) in [6, 6.07) is 4.12. The smallest absolute Gasteiger partial charge is 0.0677 e. The van der Waals surface area contributed by atoms with Crippen LogP contribution >= 0.6 is 0 Å². The van der Waals surface area contributed by atoms with Gasteiger partial charge in [0.15, 0.2) is 0 Å². The molecular formula is C15H21NO2. The summed E-state index contributed by atoms with van der Waals surface area (Å²) in [7, 11) is 0. The zero-order valence-corrected chi connectivity index (χ0v) is 10.9. The highest BCUT2D eigenvalue weighted by Crippen LogP contribution is 2.40. The molecule has 0 amide bonds. The molecule has 3 rings (SSSR count). The van der Waals surface area contributed by atoms with Crippen LogP contribution in [-0.4, -0.2) is 28.9 Å². The number of ether oxygens (including phenoxy) is 1. The SMILES string of the molecule is CCC1OCCC1C(O)C1CCc2cccnc21. The van der Waals surface area contributed by atoms with Crippen molar-refractivity contribution in [3.05, 3.63) is 29.6 Å². The Morgan fingerprint density at radius 2 is 2.39 bits per heavy atom. The van der Waals surface area contributed by atoms with E-state index in [1.165, 1.54) is 5.56 Å². The van der Waals surface area contributed by atoms with Crippen molar-refractivity contribution in [3.63, 3.8) is 0 Å². The van der Waals surface area contributed by atoms with Gasteiger partial charge < -0.3 is 9.84 Å². The van der Waals surface area contributed by atoms with Gasteiger partial charge in [-0.05, 0) is 37.3 Å². The first kappa shape index (κ1) is 12.1. The summed E-state index contributed by atoms with van der Waals surface area (Å²) in [6.45, 7) is 2.93. The molecule has 3 heteroatoms. The number of hydrogen-bond acceptors (Lipinski definition) is 3. The third-order valence-corrected chi connectivity index (χ3v) is 4.52. The van der Waals surface area contributed by atoms with Crippen LogP contribution in [0.1, 0.15) is 43.4 Å². The minimum atomic E-state index is -0.298. The lowest BCUT2D eigenvalue weighted by atomic mass is 9.84. The summed E-state index contributed by atoms with van der Waals surface area (Å²) in [5.74, 6) is 0.495. The molecule has 0 bridgehead atoms. The Kier molecular flexibility index (Phi) is 3.35. The quantitative estimate of drug-likeness (QED) is 0.891. The molecule has 4 unspecified atom stereocenters. The topological polar surface area (TPSA) is 42.4 Å². The van der Waals surface area contributed by atoms with Crippen molar-refractivity contribution in [1.29, 1.82) is 0 Å². The summed E-state index contributed by atoms with van der Waals surface area (Å²) in [5, 5.41) is 10.7. The third kappa shape index (κ3) is 1.95. The van der Waals surface area contributed by atoms with E-state index in [0.29, 0.717) is 0 Å². The number of hydrogen-bond donors (Lipinski definition) is 1. The van der Waals surface area contributed by atoms with Gasteiger partial charge in [-0.3, -0.25) is 4.98 Å². The van der Waals surface area contributed by atoms with E-state index in [0.717, 1.165) is 38.0 Å². The van der Waals surface area contributed by atoms with Gasteiger partial charge in [0.2, 0.25) is 0 Å². The average Bonchev–Trinajstić information content (AvgIpc) is 3.04. The van der Waals surface area contributed by atoms with Crippen molar-refractivity contribution in [2.45, 2.75) is 50.7 Å². The average molecular weight is 247 g/mol. The fourth-order valence-electron chi connectivity index (χ4n) is 3.55. The molecule has 1 aromatic rings. The Morgan fingerprint density at radius 3 is 3.22 bits per heavy atom. The molecule has 0 saturated carbocycles. The van der Waals surface area contributed by atoms with Gasteiger partial charge in [0.1, 0.15) is 0 Å². The lowest BCUT2D eigenvalue weighted by molar-refractivity contribution is 0.0182. The molecule has 1 aliphatic carbocycles. The van der Waals surface area contributed by atoms with E-state index in [4.69, 9.17) is 4.74 Å². The molecule has 2 aliphatic rings. The third-order valence-electron chi connectivity index (χ3n) is 4.52. The van der Waals surface area contributed by atoms with E-state index >= 15 is 0 Å². The molecule has 0 aromatic carbocycles. The Morgan fingerprint density at radius 1 is 1.50 bits per heavy atom. The van der Waals surface area contributed by atoms with E-state index in [2.05, 4.69) is 18.0 Å². The molecule has 1 fully saturated rings. The zero-order valence-electron chi connectivity index (χ0n) is 10.9. The highest BCUT2D eigenvalue weighted by atomic mass is 16.5. The number of pyridine rings is 1. The maximum Gasteiger partial charge on any atom is 0.0677 e. The highest BCUT2D eigenvalue weighted by molar-refractivity contribution is 5.29. The molecule has 18 heavy (non-hydrogen) atoms. The van der Waals surface area contributed by atoms with E-state index in [9.17, 15) is 5.11 Å². The number of nitrogens with zero attached hydrogens (tertiary/aromatic N) is 1. The zero-order chi connectivity index (χ0) is 12.5. The Hall–Kier alpha value is -0.930. The van der Waals surface area contributed by atoms with E-state index in [1.807, 2.05) is 12.3 Å². The van der Waals surface area contributed by atoms with Crippen LogP contribution < -0.4 is 0 Å². The van der Waals surface area contributed by atoms with Crippen molar-refractivity contribution in [2.75, 3.05) is 6.61 Å². The van der Waals surface area contributed by atoms with Crippen LogP contribution in [0.2, 0.25) is 0 Å². The van der Waals surface area contributed by atoms with Gasteiger partial charge in [0, 0.05) is 30.3 Å². The Labute approximate surface area is 108 Å². The standard InChI is InChI=1S/C15H21NO2/c1-2-13-11(7-9-18-13)15(17)12-6-5-10-4-3-8-16-14(10)12/h3-4,8,11-13,15,17H,2,5-7,9H2,1H3. The lowest BCUT2D eigenvalue weighted by Crippen LogP contribution is -2.32. The largest absolute Gasteiger partial charge is 0.392 e. The number of aliphatic hydroxyl groups is 1. The van der Waals surface area contributed by atoms with Crippen LogP contribution in [0.15, 0.2) is 18.3 Å². The van der Waals surface area contributed by atoms with Gasteiger partial charge in [0.25, 0.3) is 0 Å². The minimum Gasteiger partial charge on any atom is -0.392 e. The van der Waals surface area contributed by atoms with Crippen molar-refractivity contribution < 1.29 is 9.84 Å². The first-order chi connectivity index (χ1) is 8.81. The molecule has 2 heterocycles. The predicted octanol–water partition coefficient (Wildman–Crippen LogP) is 2.29. The number of aryl methyl sites for hydroxylation is 1. The summed E-state index contributed by atoms with van der Waals surface area (Å²) in [5.41, 5.74) is 2.43. The summed E-state index contributed by atoms with van der Waals surface area (Å²) >= 11 is 0. The van der Waals surface area contributed by atoms with E-state index in [1.54, 1.807) is 0 Å². The van der Waals surface area contributed by atoms with Crippen LogP contribution in [0.25, 0.3) is 0 Å². The lowest BCUT2D eigenvalue weighted by Gasteiger charge is -2.27. The molecule has 1 aliphatic heterocycles. The first-order valence-corrected chi connectivity index (χ1v) is 7.04. The van der Waals surface area contributed by atoms with Gasteiger partial charge >= 0.3 is 0 Å². The summed E-state index contributed by atoms with van der Waals surface area (Å²) < 4.78 is 5.70. The van der Waals surface area contributed by atoms with Gasteiger partial charge in [0.05, 0.1) is 12.2 Å². The second kappa shape index (κ2) is 4.98. The van der Waals surface area contributed by atoms with Crippen LogP contribution in [0.5, 0.6) is 0 Å². The van der Waals surface area contributed by atoms with Crippen molar-refractivity contribution in [3.8, 4) is 0 Å². The first-order valence-electron chi connectivity index (χ1n) is 7.04. The fourth-order valence-corrected chi connectivity index (χ4v) is 3.55. The summed E-state index contributed by atoms with van der Waals surface area (Å²) in [4.78, 5) is 4.48. The number of aromatic nitrogens is 1. The molecule has 1 aromatic heterocycles. The second-order valence-electron chi connectivity index (χ2n) is 5.45. The fraction of sp³-hybridized carbons (Fsp3) is 0.667. The maximum atomic E-state index is 10.7. The number of fused-ring (bicyclic) bond motifs is 1. The normalized spacial score (nSPS) is 32.4. The van der Waals surface area contributed by atoms with Crippen molar-refractivity contribution in [1.82, 2.24) is 4.98 Å². The van der Waals surface area contributed by atoms with Gasteiger partial charge in [-0.2, -0.15) is 0 Å². The molecule has 3 nitrogen and oxygen atoms in total. The van der Waals surface area contributed by atoms with E-state index in [-0.39, 0.29) is 24.0 Å². The molecular weight excluding hydrogens is 226 g/mol. The second-order valence-corrected chi connectivity index (χ2v) is 5.45. The van der Waals surface area contributed by atoms with Crippen molar-refractivity contribution in [2.24, 2.45) is 5.92 Å². The van der Waals surface area contributed by atoms with Crippen LogP contribution in [0.4, 0.5) is 0 Å². The predicted molar refractivity (Wildman–Crippen MR) is 69.4 cm³/mol. The minimum absolute atomic E-state index is 0.210. The van der Waals surface area contributed by atoms with Gasteiger partial charge in [-0.25, -0.2) is 0 Å². The molecule has 98 valence electrons. The molecule has 4 atom stereocenters. The van der Waals surface area contributed by atoms with Gasteiger partial charge in [-0.15, -0.1) is 0 Å². The highest BCUT2D eigenvalue weighted by Gasteiger charge is 2.40. The molecule has 0 radical (unpaired) electrons. The maximum absolute atomic E-state index is 10.7. The number of aliphatic hydroxyl groups excluding tert-OH is 1. The summed E-state index contributed by atoms with van der Waals surface area (Å²) in [6.07, 6.45) is 5.82. The monoisotopic (exact) mass is 247 g/mol. The Bertz CT molecular complexity index is 421. The molecule has 1 N–H and O–H groups in total. The van der Waals surface area contributed by atoms with E-state index < -0.39 is 0 Å². The van der Waals surface area contributed by atoms with Crippen LogP contribution in [0.3, 0.4) is 0 Å². The molecule has 1 saturated heterocycles. The van der Waals surface area contributed by atoms with Crippen LogP contribution in [-0.2, 0) is 11.2 Å².